The molecule has 0 atom stereocenters. The Balaban J connectivity index is 1.08. The van der Waals surface area contributed by atoms with Crippen molar-refractivity contribution < 1.29 is 4.42 Å². The van der Waals surface area contributed by atoms with E-state index in [2.05, 4.69) is 229 Å². The highest BCUT2D eigenvalue weighted by atomic mass is 32.1. The highest BCUT2D eigenvalue weighted by Crippen LogP contribution is 2.51. The molecular formula is C60H37NOS2. The summed E-state index contributed by atoms with van der Waals surface area (Å²) in [7, 11) is 0. The van der Waals surface area contributed by atoms with Gasteiger partial charge in [0.05, 0.1) is 5.69 Å². The maximum Gasteiger partial charge on any atom is 0.143 e. The molecule has 0 unspecified atom stereocenters. The second kappa shape index (κ2) is 15.0. The van der Waals surface area contributed by atoms with Gasteiger partial charge in [-0.2, -0.15) is 0 Å². The van der Waals surface area contributed by atoms with Gasteiger partial charge in [0.1, 0.15) is 11.2 Å². The van der Waals surface area contributed by atoms with Crippen molar-refractivity contribution in [2.24, 2.45) is 0 Å². The fourth-order valence-corrected chi connectivity index (χ4v) is 12.0. The number of fused-ring (bicyclic) bond motifs is 9. The van der Waals surface area contributed by atoms with E-state index in [1.165, 1.54) is 68.2 Å². The molecule has 0 aliphatic carbocycles. The highest BCUT2D eigenvalue weighted by Gasteiger charge is 2.24. The second-order valence-electron chi connectivity index (χ2n) is 16.4. The number of nitrogens with zero attached hydrogens (tertiary/aromatic N) is 1. The lowest BCUT2D eigenvalue weighted by Gasteiger charge is -2.27. The second-order valence-corrected chi connectivity index (χ2v) is 18.5. The summed E-state index contributed by atoms with van der Waals surface area (Å²) < 4.78 is 12.2. The summed E-state index contributed by atoms with van der Waals surface area (Å²) in [5, 5.41) is 7.21. The van der Waals surface area contributed by atoms with Crippen LogP contribution in [0.3, 0.4) is 0 Å². The largest absolute Gasteiger partial charge is 0.455 e. The fraction of sp³-hybridized carbons (Fsp3) is 0. The molecule has 0 saturated carbocycles. The van der Waals surface area contributed by atoms with Crippen molar-refractivity contribution in [3.8, 4) is 44.5 Å². The van der Waals surface area contributed by atoms with Gasteiger partial charge in [-0.3, -0.25) is 0 Å². The molecule has 0 bridgehead atoms. The van der Waals surface area contributed by atoms with Crippen LogP contribution in [0.1, 0.15) is 0 Å². The molecule has 0 spiro atoms. The van der Waals surface area contributed by atoms with Crippen LogP contribution in [0.25, 0.3) is 107 Å². The molecule has 0 amide bonds. The van der Waals surface area contributed by atoms with Crippen LogP contribution < -0.4 is 4.90 Å². The van der Waals surface area contributed by atoms with E-state index >= 15 is 0 Å². The Bertz CT molecular complexity index is 3890. The number of hydrogen-bond donors (Lipinski definition) is 0. The van der Waals surface area contributed by atoms with Crippen LogP contribution in [0.4, 0.5) is 17.1 Å². The molecule has 0 radical (unpaired) electrons. The minimum atomic E-state index is 0.849. The molecule has 0 fully saturated rings. The van der Waals surface area contributed by atoms with Crippen LogP contribution in [-0.2, 0) is 0 Å². The summed E-state index contributed by atoms with van der Waals surface area (Å²) >= 11 is 3.73. The maximum atomic E-state index is 7.06. The first-order chi connectivity index (χ1) is 31.7. The quantitative estimate of drug-likeness (QED) is 0.159. The zero-order valence-corrected chi connectivity index (χ0v) is 36.2. The van der Waals surface area contributed by atoms with Gasteiger partial charge in [0.25, 0.3) is 0 Å². The van der Waals surface area contributed by atoms with E-state index in [1.807, 2.05) is 22.7 Å². The van der Waals surface area contributed by atoms with Crippen LogP contribution in [0, 0.1) is 0 Å². The zero-order chi connectivity index (χ0) is 42.1. The number of anilines is 3. The molecule has 0 saturated heterocycles. The van der Waals surface area contributed by atoms with Crippen LogP contribution in [0.15, 0.2) is 229 Å². The van der Waals surface area contributed by atoms with Crippen LogP contribution >= 0.6 is 22.7 Å². The van der Waals surface area contributed by atoms with Crippen LogP contribution in [0.2, 0.25) is 0 Å². The summed E-state index contributed by atoms with van der Waals surface area (Å²) in [6, 6.07) is 81.5. The molecule has 0 N–H and O–H groups in total. The summed E-state index contributed by atoms with van der Waals surface area (Å²) in [5.41, 5.74) is 14.4. The Kier molecular flexibility index (Phi) is 8.61. The minimum Gasteiger partial charge on any atom is -0.455 e. The molecule has 2 nitrogen and oxygen atoms in total. The molecular weight excluding hydrogens is 815 g/mol. The Morgan fingerprint density at radius 1 is 0.328 bits per heavy atom. The van der Waals surface area contributed by atoms with E-state index in [4.69, 9.17) is 4.42 Å². The van der Waals surface area contributed by atoms with E-state index in [-0.39, 0.29) is 0 Å². The van der Waals surface area contributed by atoms with E-state index in [1.54, 1.807) is 0 Å². The monoisotopic (exact) mass is 851 g/mol. The van der Waals surface area contributed by atoms with Gasteiger partial charge in [0.15, 0.2) is 0 Å². The van der Waals surface area contributed by atoms with Gasteiger partial charge in [-0.05, 0) is 99.6 Å². The van der Waals surface area contributed by atoms with Gasteiger partial charge >= 0.3 is 0 Å². The number of thiophene rings is 2. The summed E-state index contributed by atoms with van der Waals surface area (Å²) in [6.07, 6.45) is 0. The van der Waals surface area contributed by atoms with E-state index in [0.29, 0.717) is 0 Å². The highest BCUT2D eigenvalue weighted by molar-refractivity contribution is 7.26. The standard InChI is InChI=1S/C60H37NOS2/c1-5-15-38(16-6-1)42-25-28-49-57(35-42)64-60-46(40-19-9-3-10-20-40)30-31-53(58(49)60)61(44-27-32-56-51(36-44)48-23-13-14-24-55(48)63-56)45-26-29-47-52-34-43(39-17-7-2-8-18-39)33-50(41-21-11-4-12-22-41)59(52)62-54(47)37-45/h1-37H. The average molecular weight is 852 g/mol. The number of furan rings is 1. The summed E-state index contributed by atoms with van der Waals surface area (Å²) in [4.78, 5) is 2.46. The van der Waals surface area contributed by atoms with Gasteiger partial charge in [0, 0.05) is 74.1 Å². The van der Waals surface area contributed by atoms with Crippen molar-refractivity contribution in [1.82, 2.24) is 0 Å². The van der Waals surface area contributed by atoms with Gasteiger partial charge in [0.2, 0.25) is 0 Å². The summed E-state index contributed by atoms with van der Waals surface area (Å²) in [5.74, 6) is 0. The Morgan fingerprint density at radius 2 is 0.938 bits per heavy atom. The lowest BCUT2D eigenvalue weighted by Crippen LogP contribution is -2.10. The smallest absolute Gasteiger partial charge is 0.143 e. The molecule has 10 aromatic carbocycles. The first-order valence-corrected chi connectivity index (χ1v) is 23.3. The van der Waals surface area contributed by atoms with Crippen molar-refractivity contribution in [2.45, 2.75) is 0 Å². The molecule has 3 heterocycles. The molecule has 0 aliphatic heterocycles. The lowest BCUT2D eigenvalue weighted by molar-refractivity contribution is 0.670. The number of benzene rings is 10. The molecule has 4 heteroatoms. The Morgan fingerprint density at radius 3 is 1.69 bits per heavy atom. The third-order valence-electron chi connectivity index (χ3n) is 12.7. The average Bonchev–Trinajstić information content (AvgIpc) is 4.06. The number of rotatable bonds is 7. The predicted octanol–water partition coefficient (Wildman–Crippen LogP) is 18.5. The van der Waals surface area contributed by atoms with E-state index in [9.17, 15) is 0 Å². The van der Waals surface area contributed by atoms with Crippen molar-refractivity contribution in [1.29, 1.82) is 0 Å². The van der Waals surface area contributed by atoms with Crippen LogP contribution in [-0.4, -0.2) is 0 Å². The lowest BCUT2D eigenvalue weighted by atomic mass is 9.96. The van der Waals surface area contributed by atoms with Gasteiger partial charge in [-0.25, -0.2) is 0 Å². The predicted molar refractivity (Wildman–Crippen MR) is 276 cm³/mol. The third kappa shape index (κ3) is 6.06. The third-order valence-corrected chi connectivity index (χ3v) is 15.0. The van der Waals surface area contributed by atoms with Crippen molar-refractivity contribution in [3.63, 3.8) is 0 Å². The molecule has 13 rings (SSSR count). The number of hydrogen-bond acceptors (Lipinski definition) is 4. The van der Waals surface area contributed by atoms with Crippen LogP contribution in [0.5, 0.6) is 0 Å². The van der Waals surface area contributed by atoms with Gasteiger partial charge in [-0.15, -0.1) is 22.7 Å². The fourth-order valence-electron chi connectivity index (χ4n) is 9.62. The Hall–Kier alpha value is -7.76. The Labute approximate surface area is 378 Å². The van der Waals surface area contributed by atoms with Crippen molar-refractivity contribution in [2.75, 3.05) is 4.90 Å². The molecule has 3 aromatic heterocycles. The van der Waals surface area contributed by atoms with E-state index in [0.717, 1.165) is 55.7 Å². The summed E-state index contributed by atoms with van der Waals surface area (Å²) in [6.45, 7) is 0. The zero-order valence-electron chi connectivity index (χ0n) is 34.5. The molecule has 300 valence electrons. The SMILES string of the molecule is c1ccc(-c2ccc3c(c2)sc2c(-c4ccccc4)ccc(N(c4ccc5c(c4)oc4c(-c6ccccc6)cc(-c6ccccc6)cc45)c4ccc5sc6ccccc6c5c4)c23)cc1. The topological polar surface area (TPSA) is 16.4 Å². The minimum absolute atomic E-state index is 0.849. The molecule has 64 heavy (non-hydrogen) atoms. The van der Waals surface area contributed by atoms with Crippen molar-refractivity contribution in [3.05, 3.63) is 224 Å². The van der Waals surface area contributed by atoms with Gasteiger partial charge < -0.3 is 9.32 Å². The maximum absolute atomic E-state index is 7.06. The van der Waals surface area contributed by atoms with Crippen molar-refractivity contribution >= 4 is 102 Å². The van der Waals surface area contributed by atoms with E-state index < -0.39 is 0 Å². The molecule has 0 aliphatic rings. The first-order valence-electron chi connectivity index (χ1n) is 21.6. The molecule has 13 aromatic rings. The normalized spacial score (nSPS) is 11.8. The first kappa shape index (κ1) is 36.9. The van der Waals surface area contributed by atoms with Gasteiger partial charge in [-0.1, -0.05) is 158 Å².